The average Bonchev–Trinajstić information content (AvgIpc) is 3.12. The van der Waals surface area contributed by atoms with E-state index in [1.165, 1.54) is 0 Å². The maximum absolute atomic E-state index is 9.78. The number of aliphatic hydroxyl groups excluding tert-OH is 1. The van der Waals surface area contributed by atoms with Crippen molar-refractivity contribution in [3.63, 3.8) is 0 Å². The van der Waals surface area contributed by atoms with Crippen molar-refractivity contribution >= 4 is 8.32 Å². The molecule has 0 radical (unpaired) electrons. The van der Waals surface area contributed by atoms with Crippen molar-refractivity contribution in [3.05, 3.63) is 29.8 Å². The average molecular weight is 499 g/mol. The molecule has 1 N–H and O–H groups in total. The number of aliphatic hydroxyl groups is 1. The van der Waals surface area contributed by atoms with E-state index >= 15 is 0 Å². The first-order valence-corrected chi connectivity index (χ1v) is 15.1. The van der Waals surface area contributed by atoms with Gasteiger partial charge in [0, 0.05) is 20.1 Å². The van der Waals surface area contributed by atoms with Crippen LogP contribution >= 0.6 is 0 Å². The Labute approximate surface area is 207 Å². The molecular formula is C26H46O7Si. The number of hydrogen-bond acceptors (Lipinski definition) is 7. The third-order valence-electron chi connectivity index (χ3n) is 6.92. The first-order chi connectivity index (χ1) is 15.8. The van der Waals surface area contributed by atoms with Crippen molar-refractivity contribution in [2.24, 2.45) is 0 Å². The molecule has 1 aromatic rings. The molecule has 0 bridgehead atoms. The van der Waals surface area contributed by atoms with Crippen LogP contribution in [0.15, 0.2) is 24.3 Å². The van der Waals surface area contributed by atoms with Gasteiger partial charge in [-0.15, -0.1) is 0 Å². The molecule has 0 aliphatic carbocycles. The van der Waals surface area contributed by atoms with E-state index in [1.807, 2.05) is 38.1 Å². The summed E-state index contributed by atoms with van der Waals surface area (Å²) in [6.07, 6.45) is 0.0825. The second-order valence-corrected chi connectivity index (χ2v) is 15.8. The predicted octanol–water partition coefficient (Wildman–Crippen LogP) is 4.91. The molecule has 0 spiro atoms. The summed E-state index contributed by atoms with van der Waals surface area (Å²) in [4.78, 5) is 0. The van der Waals surface area contributed by atoms with E-state index in [9.17, 15) is 5.11 Å². The first-order valence-electron chi connectivity index (χ1n) is 12.2. The van der Waals surface area contributed by atoms with Gasteiger partial charge in [-0.1, -0.05) is 32.9 Å². The molecule has 1 aliphatic heterocycles. The molecular weight excluding hydrogens is 452 g/mol. The third kappa shape index (κ3) is 8.29. The molecule has 1 heterocycles. The second kappa shape index (κ2) is 12.3. The Bertz CT molecular complexity index is 730. The Balaban J connectivity index is 2.19. The zero-order chi connectivity index (χ0) is 25.6. The van der Waals surface area contributed by atoms with Crippen LogP contribution in [0.2, 0.25) is 18.1 Å². The minimum atomic E-state index is -2.07. The van der Waals surface area contributed by atoms with Crippen LogP contribution in [0.5, 0.6) is 5.75 Å². The van der Waals surface area contributed by atoms with E-state index in [2.05, 4.69) is 33.9 Å². The molecule has 1 aromatic carbocycles. The highest BCUT2D eigenvalue weighted by Crippen LogP contribution is 2.39. The highest BCUT2D eigenvalue weighted by molar-refractivity contribution is 6.74. The van der Waals surface area contributed by atoms with Crippen molar-refractivity contribution < 1.29 is 33.2 Å². The maximum Gasteiger partial charge on any atom is 0.192 e. The Kier molecular flexibility index (Phi) is 10.6. The summed E-state index contributed by atoms with van der Waals surface area (Å²) < 4.78 is 36.3. The number of ether oxygens (including phenoxy) is 5. The van der Waals surface area contributed by atoms with Crippen LogP contribution in [-0.4, -0.2) is 71.1 Å². The summed E-state index contributed by atoms with van der Waals surface area (Å²) in [7, 11) is 1.28. The Morgan fingerprint density at radius 3 is 2.24 bits per heavy atom. The van der Waals surface area contributed by atoms with Gasteiger partial charge in [-0.3, -0.25) is 0 Å². The van der Waals surface area contributed by atoms with Crippen molar-refractivity contribution in [2.45, 2.75) is 102 Å². The standard InChI is InChI=1S/C26H46O7Si/c1-25(2,3)34(8,9)33-21(14-15-27)22(29-7)16-23(24-18-31-26(4,5)32-24)30-17-19-10-12-20(28-6)13-11-19/h10-13,21-24,27H,14-18H2,1-9H3/t21-,22-,23-,24-/m0/s1. The van der Waals surface area contributed by atoms with Crippen LogP contribution < -0.4 is 4.74 Å². The SMILES string of the molecule is COc1ccc(CO[C@@H](C[C@H](OC)[C@H](CCO)O[Si](C)(C)C(C)(C)C)[C@@H]2COC(C)(C)O2)cc1. The fourth-order valence-electron chi connectivity index (χ4n) is 3.78. The van der Waals surface area contributed by atoms with Crippen LogP contribution in [0.4, 0.5) is 0 Å². The quantitative estimate of drug-likeness (QED) is 0.387. The molecule has 2 rings (SSSR count). The summed E-state index contributed by atoms with van der Waals surface area (Å²) in [5.41, 5.74) is 1.04. The zero-order valence-electron chi connectivity index (χ0n) is 22.6. The Hall–Kier alpha value is -1.00. The lowest BCUT2D eigenvalue weighted by Crippen LogP contribution is -2.49. The van der Waals surface area contributed by atoms with Gasteiger partial charge in [0.25, 0.3) is 0 Å². The minimum absolute atomic E-state index is 0.0343. The lowest BCUT2D eigenvalue weighted by Gasteiger charge is -2.41. The summed E-state index contributed by atoms with van der Waals surface area (Å²) in [6.45, 7) is 15.8. The van der Waals surface area contributed by atoms with E-state index < -0.39 is 14.1 Å². The van der Waals surface area contributed by atoms with Crippen molar-refractivity contribution in [1.29, 1.82) is 0 Å². The minimum Gasteiger partial charge on any atom is -0.497 e. The topological polar surface area (TPSA) is 75.6 Å². The van der Waals surface area contributed by atoms with Crippen molar-refractivity contribution in [3.8, 4) is 5.75 Å². The molecule has 0 amide bonds. The van der Waals surface area contributed by atoms with Gasteiger partial charge in [-0.05, 0) is 56.1 Å². The fraction of sp³-hybridized carbons (Fsp3) is 0.769. The first kappa shape index (κ1) is 29.2. The molecule has 1 aliphatic rings. The number of hydrogen-bond donors (Lipinski definition) is 1. The molecule has 8 heteroatoms. The molecule has 0 saturated carbocycles. The van der Waals surface area contributed by atoms with Gasteiger partial charge in [0.05, 0.1) is 38.6 Å². The molecule has 0 unspecified atom stereocenters. The summed E-state index contributed by atoms with van der Waals surface area (Å²) >= 11 is 0. The van der Waals surface area contributed by atoms with E-state index in [0.717, 1.165) is 11.3 Å². The fourth-order valence-corrected chi connectivity index (χ4v) is 5.16. The van der Waals surface area contributed by atoms with Gasteiger partial charge in [0.2, 0.25) is 0 Å². The van der Waals surface area contributed by atoms with E-state index in [1.54, 1.807) is 14.2 Å². The lowest BCUT2D eigenvalue weighted by molar-refractivity contribution is -0.164. The highest BCUT2D eigenvalue weighted by Gasteiger charge is 2.43. The Morgan fingerprint density at radius 2 is 1.76 bits per heavy atom. The smallest absolute Gasteiger partial charge is 0.192 e. The normalized spacial score (nSPS) is 21.3. The zero-order valence-corrected chi connectivity index (χ0v) is 23.6. The van der Waals surface area contributed by atoms with E-state index in [-0.39, 0.29) is 36.1 Å². The summed E-state index contributed by atoms with van der Waals surface area (Å²) in [5.74, 6) is 0.153. The van der Waals surface area contributed by atoms with E-state index in [0.29, 0.717) is 26.1 Å². The lowest BCUT2D eigenvalue weighted by atomic mass is 10.0. The van der Waals surface area contributed by atoms with Gasteiger partial charge in [-0.2, -0.15) is 0 Å². The Morgan fingerprint density at radius 1 is 1.12 bits per heavy atom. The van der Waals surface area contributed by atoms with Crippen LogP contribution in [0.3, 0.4) is 0 Å². The second-order valence-electron chi connectivity index (χ2n) is 11.0. The number of benzene rings is 1. The molecule has 7 nitrogen and oxygen atoms in total. The van der Waals surface area contributed by atoms with Crippen LogP contribution in [0.1, 0.15) is 53.0 Å². The number of rotatable bonds is 13. The number of methoxy groups -OCH3 is 2. The molecule has 196 valence electrons. The molecule has 1 fully saturated rings. The van der Waals surface area contributed by atoms with Gasteiger partial charge in [0.15, 0.2) is 14.1 Å². The van der Waals surface area contributed by atoms with Crippen molar-refractivity contribution in [1.82, 2.24) is 0 Å². The maximum atomic E-state index is 9.78. The van der Waals surface area contributed by atoms with Crippen LogP contribution in [0, 0.1) is 0 Å². The monoisotopic (exact) mass is 498 g/mol. The summed E-state index contributed by atoms with van der Waals surface area (Å²) in [5, 5.41) is 9.83. The van der Waals surface area contributed by atoms with Gasteiger partial charge >= 0.3 is 0 Å². The van der Waals surface area contributed by atoms with Gasteiger partial charge in [0.1, 0.15) is 11.9 Å². The molecule has 34 heavy (non-hydrogen) atoms. The van der Waals surface area contributed by atoms with Gasteiger partial charge in [-0.25, -0.2) is 0 Å². The molecule has 1 saturated heterocycles. The van der Waals surface area contributed by atoms with E-state index in [4.69, 9.17) is 28.1 Å². The van der Waals surface area contributed by atoms with Gasteiger partial charge < -0.3 is 33.2 Å². The third-order valence-corrected chi connectivity index (χ3v) is 11.4. The largest absolute Gasteiger partial charge is 0.497 e. The van der Waals surface area contributed by atoms with Crippen LogP contribution in [-0.2, 0) is 30.0 Å². The van der Waals surface area contributed by atoms with Crippen LogP contribution in [0.25, 0.3) is 0 Å². The summed E-state index contributed by atoms with van der Waals surface area (Å²) in [6, 6.07) is 7.84. The van der Waals surface area contributed by atoms with Crippen molar-refractivity contribution in [2.75, 3.05) is 27.4 Å². The molecule has 4 atom stereocenters. The molecule has 0 aromatic heterocycles. The highest BCUT2D eigenvalue weighted by atomic mass is 28.4. The predicted molar refractivity (Wildman–Crippen MR) is 136 cm³/mol.